The van der Waals surface area contributed by atoms with Gasteiger partial charge < -0.3 is 9.47 Å². The third-order valence-electron chi connectivity index (χ3n) is 8.83. The van der Waals surface area contributed by atoms with Crippen LogP contribution in [0.3, 0.4) is 0 Å². The van der Waals surface area contributed by atoms with Gasteiger partial charge in [0.2, 0.25) is 0 Å². The van der Waals surface area contributed by atoms with E-state index in [2.05, 4.69) is 36.4 Å². The van der Waals surface area contributed by atoms with Crippen molar-refractivity contribution >= 4 is 17.5 Å². The number of fused-ring (bicyclic) bond motifs is 3. The van der Waals surface area contributed by atoms with Crippen LogP contribution in [0.2, 0.25) is 0 Å². The Morgan fingerprint density at radius 3 is 2.39 bits per heavy atom. The summed E-state index contributed by atoms with van der Waals surface area (Å²) in [6.07, 6.45) is 10.5. The van der Waals surface area contributed by atoms with Crippen molar-refractivity contribution in [3.05, 3.63) is 76.9 Å². The summed E-state index contributed by atoms with van der Waals surface area (Å²) in [4.78, 5) is 26.7. The second-order valence-electron chi connectivity index (χ2n) is 11.8. The van der Waals surface area contributed by atoms with Crippen LogP contribution in [-0.2, 0) is 19.1 Å². The summed E-state index contributed by atoms with van der Waals surface area (Å²) in [7, 11) is 0. The number of carbonyl (C=O) groups is 2. The molecule has 1 heterocycles. The normalized spacial score (nSPS) is 28.3. The molecule has 6 rings (SSSR count). The molecule has 1 aliphatic heterocycles. The molecule has 0 aromatic heterocycles. The molecule has 4 unspecified atom stereocenters. The van der Waals surface area contributed by atoms with Crippen LogP contribution in [0.1, 0.15) is 86.5 Å². The van der Waals surface area contributed by atoms with E-state index in [-0.39, 0.29) is 0 Å². The third kappa shape index (κ3) is 4.19. The fraction of sp³-hybridized carbons (Fsp3) is 0.500. The molecule has 3 fully saturated rings. The highest BCUT2D eigenvalue weighted by atomic mass is 16.7. The van der Waals surface area contributed by atoms with E-state index >= 15 is 0 Å². The van der Waals surface area contributed by atoms with Crippen molar-refractivity contribution in [3.8, 4) is 0 Å². The topological polar surface area (TPSA) is 52.6 Å². The van der Waals surface area contributed by atoms with E-state index in [1.54, 1.807) is 13.8 Å². The number of cyclic esters (lactones) is 2. The van der Waals surface area contributed by atoms with Crippen LogP contribution in [0, 0.1) is 30.6 Å². The van der Waals surface area contributed by atoms with Gasteiger partial charge in [-0.05, 0) is 59.3 Å². The molecule has 4 nitrogen and oxygen atoms in total. The van der Waals surface area contributed by atoms with Crippen molar-refractivity contribution in [3.63, 3.8) is 0 Å². The van der Waals surface area contributed by atoms with E-state index < -0.39 is 29.6 Å². The SMILES string of the molecule is Cc1cccc(C(C2=CC3C(CC4CCCCC4)C3c3ccccc32)C2C(=O)OC(C)(C)OC2=O)c1. The van der Waals surface area contributed by atoms with E-state index in [1.807, 2.05) is 25.1 Å². The first-order valence-corrected chi connectivity index (χ1v) is 13.7. The summed E-state index contributed by atoms with van der Waals surface area (Å²) in [6, 6.07) is 16.8. The minimum Gasteiger partial charge on any atom is -0.422 e. The molecular formula is C32H36O4. The monoisotopic (exact) mass is 484 g/mol. The van der Waals surface area contributed by atoms with Crippen molar-refractivity contribution in [1.82, 2.24) is 0 Å². The Hall–Kier alpha value is -2.88. The summed E-state index contributed by atoms with van der Waals surface area (Å²) >= 11 is 0. The van der Waals surface area contributed by atoms with Crippen LogP contribution in [0.4, 0.5) is 0 Å². The first-order chi connectivity index (χ1) is 17.3. The van der Waals surface area contributed by atoms with Crippen molar-refractivity contribution in [2.24, 2.45) is 23.7 Å². The quantitative estimate of drug-likeness (QED) is 0.341. The highest BCUT2D eigenvalue weighted by molar-refractivity contribution is 6.01. The van der Waals surface area contributed by atoms with Gasteiger partial charge >= 0.3 is 11.9 Å². The summed E-state index contributed by atoms with van der Waals surface area (Å²) in [6.45, 7) is 5.27. The summed E-state index contributed by atoms with van der Waals surface area (Å²) in [5.41, 5.74) is 5.66. The fourth-order valence-corrected chi connectivity index (χ4v) is 7.21. The van der Waals surface area contributed by atoms with Gasteiger partial charge in [-0.2, -0.15) is 0 Å². The predicted molar refractivity (Wildman–Crippen MR) is 139 cm³/mol. The van der Waals surface area contributed by atoms with Crippen molar-refractivity contribution in [2.75, 3.05) is 0 Å². The lowest BCUT2D eigenvalue weighted by atomic mass is 9.74. The van der Waals surface area contributed by atoms with Crippen LogP contribution in [0.25, 0.3) is 5.57 Å². The molecule has 2 aromatic rings. The fourth-order valence-electron chi connectivity index (χ4n) is 7.21. The number of ether oxygens (including phenoxy) is 2. The molecule has 0 bridgehead atoms. The Morgan fingerprint density at radius 1 is 0.944 bits per heavy atom. The minimum absolute atomic E-state index is 0.445. The van der Waals surface area contributed by atoms with Crippen LogP contribution in [0.15, 0.2) is 54.6 Å². The third-order valence-corrected chi connectivity index (χ3v) is 8.83. The van der Waals surface area contributed by atoms with Gasteiger partial charge in [-0.25, -0.2) is 0 Å². The number of rotatable bonds is 5. The highest BCUT2D eigenvalue weighted by Crippen LogP contribution is 2.64. The minimum atomic E-state index is -1.24. The second kappa shape index (κ2) is 8.90. The van der Waals surface area contributed by atoms with E-state index in [0.717, 1.165) is 22.6 Å². The van der Waals surface area contributed by atoms with Gasteiger partial charge in [0, 0.05) is 19.8 Å². The maximum Gasteiger partial charge on any atom is 0.324 e. The molecule has 0 radical (unpaired) electrons. The summed E-state index contributed by atoms with van der Waals surface area (Å²) in [5.74, 6) is -1.22. The van der Waals surface area contributed by atoms with E-state index in [0.29, 0.717) is 17.8 Å². The number of benzene rings is 2. The smallest absolute Gasteiger partial charge is 0.324 e. The highest BCUT2D eigenvalue weighted by Gasteiger charge is 2.55. The maximum absolute atomic E-state index is 13.3. The Morgan fingerprint density at radius 2 is 1.67 bits per heavy atom. The lowest BCUT2D eigenvalue weighted by molar-refractivity contribution is -0.240. The molecule has 36 heavy (non-hydrogen) atoms. The zero-order valence-corrected chi connectivity index (χ0v) is 21.5. The van der Waals surface area contributed by atoms with Crippen LogP contribution in [0.5, 0.6) is 0 Å². The first kappa shape index (κ1) is 23.5. The molecule has 0 spiro atoms. The summed E-state index contributed by atoms with van der Waals surface area (Å²) in [5, 5.41) is 0. The van der Waals surface area contributed by atoms with Crippen molar-refractivity contribution < 1.29 is 19.1 Å². The van der Waals surface area contributed by atoms with Gasteiger partial charge in [-0.3, -0.25) is 9.59 Å². The molecule has 3 aliphatic carbocycles. The maximum atomic E-state index is 13.3. The molecule has 4 heteroatoms. The van der Waals surface area contributed by atoms with Crippen LogP contribution in [-0.4, -0.2) is 17.7 Å². The van der Waals surface area contributed by atoms with E-state index in [4.69, 9.17) is 9.47 Å². The average Bonchev–Trinajstić information content (AvgIpc) is 3.53. The molecule has 2 saturated carbocycles. The molecule has 2 aromatic carbocycles. The molecule has 0 N–H and O–H groups in total. The van der Waals surface area contributed by atoms with Gasteiger partial charge in [0.15, 0.2) is 5.92 Å². The van der Waals surface area contributed by atoms with Crippen molar-refractivity contribution in [1.29, 1.82) is 0 Å². The van der Waals surface area contributed by atoms with E-state index in [1.165, 1.54) is 49.7 Å². The standard InChI is InChI=1S/C32H36O4/c1-19-10-9-13-21(16-19)27(29-30(33)35-32(2,3)36-31(29)34)25-18-26-24(17-20-11-5-4-6-12-20)28(26)23-15-8-7-14-22(23)25/h7-10,13-16,18,20,24,26-29H,4-6,11-12,17H2,1-3H3. The Labute approximate surface area is 214 Å². The molecule has 0 amide bonds. The number of esters is 2. The zero-order valence-electron chi connectivity index (χ0n) is 21.5. The van der Waals surface area contributed by atoms with Gasteiger partial charge in [-0.15, -0.1) is 0 Å². The summed E-state index contributed by atoms with van der Waals surface area (Å²) < 4.78 is 11.2. The molecule has 4 aliphatic rings. The first-order valence-electron chi connectivity index (χ1n) is 13.7. The lowest BCUT2D eigenvalue weighted by Gasteiger charge is -2.37. The Kier molecular flexibility index (Phi) is 5.81. The second-order valence-corrected chi connectivity index (χ2v) is 11.8. The number of hydrogen-bond donors (Lipinski definition) is 0. The number of hydrogen-bond acceptors (Lipinski definition) is 4. The van der Waals surface area contributed by atoms with Gasteiger partial charge in [0.25, 0.3) is 5.79 Å². The van der Waals surface area contributed by atoms with Crippen molar-refractivity contribution in [2.45, 2.75) is 76.9 Å². The molecular weight excluding hydrogens is 448 g/mol. The largest absolute Gasteiger partial charge is 0.422 e. The van der Waals surface area contributed by atoms with Gasteiger partial charge in [-0.1, -0.05) is 92.3 Å². The average molecular weight is 485 g/mol. The van der Waals surface area contributed by atoms with Gasteiger partial charge in [0.05, 0.1) is 0 Å². The number of aryl methyl sites for hydroxylation is 1. The molecule has 4 atom stereocenters. The van der Waals surface area contributed by atoms with Crippen LogP contribution >= 0.6 is 0 Å². The Bertz CT molecular complexity index is 1200. The Balaban J connectivity index is 1.42. The number of allylic oxidation sites excluding steroid dienone is 2. The zero-order chi connectivity index (χ0) is 25.0. The van der Waals surface area contributed by atoms with E-state index in [9.17, 15) is 9.59 Å². The predicted octanol–water partition coefficient (Wildman–Crippen LogP) is 6.93. The molecule has 188 valence electrons. The van der Waals surface area contributed by atoms with Crippen LogP contribution < -0.4 is 0 Å². The number of carbonyl (C=O) groups excluding carboxylic acids is 2. The van der Waals surface area contributed by atoms with Gasteiger partial charge in [0.1, 0.15) is 0 Å². The lowest BCUT2D eigenvalue weighted by Crippen LogP contribution is -2.48. The molecule has 1 saturated heterocycles.